The number of hydrogen-bond acceptors (Lipinski definition) is 3. The van der Waals surface area contributed by atoms with Crippen LogP contribution in [0, 0.1) is 0 Å². The van der Waals surface area contributed by atoms with Gasteiger partial charge in [0.05, 0.1) is 0 Å². The number of para-hydroxylation sites is 1. The van der Waals surface area contributed by atoms with Crippen molar-refractivity contribution in [2.24, 2.45) is 0 Å². The van der Waals surface area contributed by atoms with E-state index in [1.54, 1.807) is 36.4 Å². The normalized spacial score (nSPS) is 10.2. The van der Waals surface area contributed by atoms with Gasteiger partial charge in [-0.15, -0.1) is 0 Å². The van der Waals surface area contributed by atoms with Crippen LogP contribution in [0.25, 0.3) is 0 Å². The zero-order valence-corrected chi connectivity index (χ0v) is 14.8. The first-order chi connectivity index (χ1) is 13.1. The van der Waals surface area contributed by atoms with E-state index in [0.29, 0.717) is 35.5 Å². The first-order valence-corrected chi connectivity index (χ1v) is 8.71. The first-order valence-electron chi connectivity index (χ1n) is 8.71. The third-order valence-corrected chi connectivity index (χ3v) is 4.12. The molecule has 0 fully saturated rings. The Morgan fingerprint density at radius 2 is 1.44 bits per heavy atom. The lowest BCUT2D eigenvalue weighted by Gasteiger charge is -2.09. The van der Waals surface area contributed by atoms with Gasteiger partial charge in [0, 0.05) is 29.0 Å². The van der Waals surface area contributed by atoms with E-state index in [1.807, 2.05) is 42.5 Å². The Balaban J connectivity index is 1.58. The standard InChI is InChI=1S/C22H21N3O2/c23-20-12-5-4-7-16(20)13-14-21(26)24-18-10-6-11-19(15-18)25-22(27)17-8-2-1-3-9-17/h1-12,15H,13-14,23H2,(H,24,26)(H,25,27). The Bertz CT molecular complexity index is 939. The van der Waals surface area contributed by atoms with Crippen LogP contribution in [0.15, 0.2) is 78.9 Å². The third-order valence-electron chi connectivity index (χ3n) is 4.12. The van der Waals surface area contributed by atoms with E-state index >= 15 is 0 Å². The predicted octanol–water partition coefficient (Wildman–Crippen LogP) is 4.09. The summed E-state index contributed by atoms with van der Waals surface area (Å²) in [6, 6.07) is 23.6. The van der Waals surface area contributed by atoms with E-state index in [1.165, 1.54) is 0 Å². The van der Waals surface area contributed by atoms with Crippen LogP contribution in [-0.4, -0.2) is 11.8 Å². The first kappa shape index (κ1) is 18.2. The van der Waals surface area contributed by atoms with Crippen LogP contribution >= 0.6 is 0 Å². The van der Waals surface area contributed by atoms with Gasteiger partial charge in [-0.05, 0) is 48.4 Å². The van der Waals surface area contributed by atoms with Gasteiger partial charge < -0.3 is 16.4 Å². The van der Waals surface area contributed by atoms with Crippen molar-refractivity contribution in [3.63, 3.8) is 0 Å². The van der Waals surface area contributed by atoms with Crippen molar-refractivity contribution < 1.29 is 9.59 Å². The maximum absolute atomic E-state index is 12.2. The van der Waals surface area contributed by atoms with Crippen molar-refractivity contribution in [3.8, 4) is 0 Å². The Labute approximate surface area is 158 Å². The van der Waals surface area contributed by atoms with Crippen LogP contribution in [0.2, 0.25) is 0 Å². The summed E-state index contributed by atoms with van der Waals surface area (Å²) in [5.74, 6) is -0.302. The molecule has 0 unspecified atom stereocenters. The molecule has 0 saturated carbocycles. The molecule has 3 rings (SSSR count). The van der Waals surface area contributed by atoms with Gasteiger partial charge >= 0.3 is 0 Å². The summed E-state index contributed by atoms with van der Waals surface area (Å²) >= 11 is 0. The minimum atomic E-state index is -0.196. The van der Waals surface area contributed by atoms with E-state index in [0.717, 1.165) is 5.56 Å². The molecule has 0 aliphatic carbocycles. The monoisotopic (exact) mass is 359 g/mol. The van der Waals surface area contributed by atoms with E-state index < -0.39 is 0 Å². The lowest BCUT2D eigenvalue weighted by Crippen LogP contribution is -2.14. The zero-order chi connectivity index (χ0) is 19.1. The molecule has 0 saturated heterocycles. The van der Waals surface area contributed by atoms with Crippen LogP contribution in [-0.2, 0) is 11.2 Å². The predicted molar refractivity (Wildman–Crippen MR) is 109 cm³/mol. The molecular weight excluding hydrogens is 338 g/mol. The third kappa shape index (κ3) is 5.19. The molecule has 5 nitrogen and oxygen atoms in total. The molecule has 0 spiro atoms. The molecule has 136 valence electrons. The van der Waals surface area contributed by atoms with Crippen LogP contribution in [0.4, 0.5) is 17.1 Å². The molecule has 0 atom stereocenters. The second kappa shape index (κ2) is 8.67. The van der Waals surface area contributed by atoms with Crippen LogP contribution in [0.3, 0.4) is 0 Å². The Morgan fingerprint density at radius 1 is 0.778 bits per heavy atom. The van der Waals surface area contributed by atoms with E-state index in [2.05, 4.69) is 10.6 Å². The summed E-state index contributed by atoms with van der Waals surface area (Å²) in [7, 11) is 0. The van der Waals surface area contributed by atoms with Crippen molar-refractivity contribution >= 4 is 28.9 Å². The maximum atomic E-state index is 12.2. The summed E-state index contributed by atoms with van der Waals surface area (Å²) in [5, 5.41) is 5.68. The number of nitrogens with two attached hydrogens (primary N) is 1. The average Bonchev–Trinajstić information content (AvgIpc) is 2.68. The second-order valence-corrected chi connectivity index (χ2v) is 6.15. The Kier molecular flexibility index (Phi) is 5.84. The van der Waals surface area contributed by atoms with Gasteiger partial charge in [0.15, 0.2) is 0 Å². The van der Waals surface area contributed by atoms with Crippen molar-refractivity contribution in [3.05, 3.63) is 90.0 Å². The topological polar surface area (TPSA) is 84.2 Å². The molecule has 0 bridgehead atoms. The Hall–Kier alpha value is -3.60. The van der Waals surface area contributed by atoms with Gasteiger partial charge in [-0.25, -0.2) is 0 Å². The molecule has 27 heavy (non-hydrogen) atoms. The van der Waals surface area contributed by atoms with E-state index in [9.17, 15) is 9.59 Å². The summed E-state index contributed by atoms with van der Waals surface area (Å²) < 4.78 is 0. The van der Waals surface area contributed by atoms with Gasteiger partial charge in [-0.1, -0.05) is 42.5 Å². The number of anilines is 3. The van der Waals surface area contributed by atoms with E-state index in [4.69, 9.17) is 5.73 Å². The SMILES string of the molecule is Nc1ccccc1CCC(=O)Nc1cccc(NC(=O)c2ccccc2)c1. The van der Waals surface area contributed by atoms with Crippen LogP contribution in [0.5, 0.6) is 0 Å². The quantitative estimate of drug-likeness (QED) is 0.580. The molecular formula is C22H21N3O2. The Morgan fingerprint density at radius 3 is 2.19 bits per heavy atom. The van der Waals surface area contributed by atoms with Crippen molar-refractivity contribution in [2.45, 2.75) is 12.8 Å². The number of carbonyl (C=O) groups is 2. The minimum absolute atomic E-state index is 0.107. The second-order valence-electron chi connectivity index (χ2n) is 6.15. The highest BCUT2D eigenvalue weighted by Gasteiger charge is 2.08. The summed E-state index contributed by atoms with van der Waals surface area (Å²) in [4.78, 5) is 24.4. The smallest absolute Gasteiger partial charge is 0.255 e. The van der Waals surface area contributed by atoms with Crippen LogP contribution < -0.4 is 16.4 Å². The lowest BCUT2D eigenvalue weighted by atomic mass is 10.1. The molecule has 2 amide bonds. The lowest BCUT2D eigenvalue weighted by molar-refractivity contribution is -0.116. The molecule has 0 heterocycles. The molecule has 4 N–H and O–H groups in total. The number of aryl methyl sites for hydroxylation is 1. The molecule has 3 aromatic rings. The fourth-order valence-electron chi connectivity index (χ4n) is 2.70. The largest absolute Gasteiger partial charge is 0.399 e. The summed E-state index contributed by atoms with van der Waals surface area (Å²) in [6.07, 6.45) is 0.901. The van der Waals surface area contributed by atoms with Gasteiger partial charge in [-0.2, -0.15) is 0 Å². The van der Waals surface area contributed by atoms with Crippen molar-refractivity contribution in [2.75, 3.05) is 16.4 Å². The summed E-state index contributed by atoms with van der Waals surface area (Å²) in [5.41, 5.74) is 9.37. The highest BCUT2D eigenvalue weighted by molar-refractivity contribution is 6.04. The summed E-state index contributed by atoms with van der Waals surface area (Å²) in [6.45, 7) is 0. The highest BCUT2D eigenvalue weighted by atomic mass is 16.2. The molecule has 0 aliphatic rings. The number of carbonyl (C=O) groups excluding carboxylic acids is 2. The number of nitrogens with one attached hydrogen (secondary N) is 2. The van der Waals surface area contributed by atoms with Gasteiger partial charge in [0.1, 0.15) is 0 Å². The van der Waals surface area contributed by atoms with Gasteiger partial charge in [-0.3, -0.25) is 9.59 Å². The van der Waals surface area contributed by atoms with Crippen molar-refractivity contribution in [1.82, 2.24) is 0 Å². The van der Waals surface area contributed by atoms with E-state index in [-0.39, 0.29) is 11.8 Å². The maximum Gasteiger partial charge on any atom is 0.255 e. The number of nitrogen functional groups attached to an aromatic ring is 1. The molecule has 0 aliphatic heterocycles. The number of rotatable bonds is 6. The fraction of sp³-hybridized carbons (Fsp3) is 0.0909. The molecule has 0 aromatic heterocycles. The molecule has 5 heteroatoms. The average molecular weight is 359 g/mol. The molecule has 0 radical (unpaired) electrons. The zero-order valence-electron chi connectivity index (χ0n) is 14.8. The van der Waals surface area contributed by atoms with Crippen molar-refractivity contribution in [1.29, 1.82) is 0 Å². The van der Waals surface area contributed by atoms with Gasteiger partial charge in [0.2, 0.25) is 5.91 Å². The molecule has 3 aromatic carbocycles. The van der Waals surface area contributed by atoms with Crippen LogP contribution in [0.1, 0.15) is 22.3 Å². The fourth-order valence-corrected chi connectivity index (χ4v) is 2.70. The highest BCUT2D eigenvalue weighted by Crippen LogP contribution is 2.17. The number of hydrogen-bond donors (Lipinski definition) is 3. The van der Waals surface area contributed by atoms with Gasteiger partial charge in [0.25, 0.3) is 5.91 Å². The number of amides is 2. The minimum Gasteiger partial charge on any atom is -0.399 e. The number of benzene rings is 3.